The number of methoxy groups -OCH3 is 1. The fraction of sp³-hybridized carbons (Fsp3) is 0.412. The molecule has 1 saturated heterocycles. The lowest BCUT2D eigenvalue weighted by molar-refractivity contribution is -0.145. The zero-order valence-corrected chi connectivity index (χ0v) is 28.9. The fourth-order valence-corrected chi connectivity index (χ4v) is 7.86. The molecule has 16 heteroatoms. The van der Waals surface area contributed by atoms with Crippen LogP contribution in [-0.2, 0) is 14.4 Å². The van der Waals surface area contributed by atoms with Crippen molar-refractivity contribution in [2.24, 2.45) is 5.92 Å². The highest BCUT2D eigenvalue weighted by atomic mass is 32.1. The number of carboxylic acids is 1. The smallest absolute Gasteiger partial charge is 0.330 e. The molecule has 4 aromatic rings. The number of hydrogen-bond donors (Lipinski definition) is 3. The molecule has 1 aromatic carbocycles. The SMILES string of the molecule is COc1ccc(-c2nn([C@@H]3C[C@H]4C(=O)N[C@@]5(C(=O)O)C[C@@H]5/C=C\CCCCC[C@@H](NC(=O)c5cnsc5)C(=O)N4C3)nc2-c2nccs2)cc1. The van der Waals surface area contributed by atoms with Crippen LogP contribution in [0.25, 0.3) is 22.0 Å². The maximum atomic E-state index is 14.5. The zero-order chi connectivity index (χ0) is 34.8. The number of nitrogens with one attached hydrogen (secondary N) is 2. The topological polar surface area (TPSA) is 182 Å². The van der Waals surface area contributed by atoms with Crippen molar-refractivity contribution in [2.75, 3.05) is 13.7 Å². The van der Waals surface area contributed by atoms with Gasteiger partial charge in [-0.25, -0.2) is 14.2 Å². The maximum absolute atomic E-state index is 14.5. The number of benzene rings is 1. The van der Waals surface area contributed by atoms with Crippen molar-refractivity contribution >= 4 is 46.6 Å². The maximum Gasteiger partial charge on any atom is 0.330 e. The Morgan fingerprint density at radius 3 is 2.66 bits per heavy atom. The summed E-state index contributed by atoms with van der Waals surface area (Å²) in [6, 6.07) is 4.94. The van der Waals surface area contributed by atoms with Gasteiger partial charge in [0, 0.05) is 41.4 Å². The second-order valence-electron chi connectivity index (χ2n) is 12.8. The van der Waals surface area contributed by atoms with E-state index in [-0.39, 0.29) is 25.3 Å². The van der Waals surface area contributed by atoms with Crippen LogP contribution in [0.2, 0.25) is 0 Å². The number of allylic oxidation sites excluding steroid dienone is 1. The van der Waals surface area contributed by atoms with E-state index in [0.717, 1.165) is 36.4 Å². The van der Waals surface area contributed by atoms with Gasteiger partial charge in [-0.05, 0) is 61.5 Å². The van der Waals surface area contributed by atoms with Gasteiger partial charge in [-0.3, -0.25) is 14.4 Å². The summed E-state index contributed by atoms with van der Waals surface area (Å²) in [5.41, 5.74) is 0.823. The van der Waals surface area contributed by atoms with E-state index in [0.29, 0.717) is 40.6 Å². The van der Waals surface area contributed by atoms with Gasteiger partial charge in [0.05, 0.1) is 24.9 Å². The molecule has 3 amide bonds. The van der Waals surface area contributed by atoms with Crippen LogP contribution in [0.15, 0.2) is 59.6 Å². The van der Waals surface area contributed by atoms with Crippen molar-refractivity contribution in [3.05, 3.63) is 65.1 Å². The van der Waals surface area contributed by atoms with E-state index in [1.54, 1.807) is 18.7 Å². The van der Waals surface area contributed by atoms with Gasteiger partial charge in [-0.1, -0.05) is 25.0 Å². The van der Waals surface area contributed by atoms with Crippen LogP contribution in [0.4, 0.5) is 0 Å². The minimum atomic E-state index is -1.44. The number of carbonyl (C=O) groups excluding carboxylic acids is 3. The Morgan fingerprint density at radius 1 is 1.12 bits per heavy atom. The summed E-state index contributed by atoms with van der Waals surface area (Å²) in [7, 11) is 1.59. The first-order valence-electron chi connectivity index (χ1n) is 16.5. The second kappa shape index (κ2) is 14.1. The number of fused-ring (bicyclic) bond motifs is 2. The molecule has 1 saturated carbocycles. The van der Waals surface area contributed by atoms with Gasteiger partial charge in [0.25, 0.3) is 5.91 Å². The van der Waals surface area contributed by atoms with Crippen LogP contribution < -0.4 is 15.4 Å². The van der Waals surface area contributed by atoms with Gasteiger partial charge in [0.2, 0.25) is 11.8 Å². The largest absolute Gasteiger partial charge is 0.497 e. The molecule has 5 heterocycles. The van der Waals surface area contributed by atoms with Crippen LogP contribution in [0.1, 0.15) is 61.3 Å². The molecule has 2 aliphatic heterocycles. The summed E-state index contributed by atoms with van der Waals surface area (Å²) in [5, 5.41) is 29.8. The summed E-state index contributed by atoms with van der Waals surface area (Å²) in [5.74, 6) is -2.18. The van der Waals surface area contributed by atoms with Gasteiger partial charge in [0.15, 0.2) is 0 Å². The van der Waals surface area contributed by atoms with E-state index >= 15 is 0 Å². The van der Waals surface area contributed by atoms with Gasteiger partial charge < -0.3 is 25.4 Å². The molecule has 5 atom stereocenters. The molecule has 50 heavy (non-hydrogen) atoms. The van der Waals surface area contributed by atoms with Gasteiger partial charge in [-0.15, -0.1) is 16.4 Å². The van der Waals surface area contributed by atoms with E-state index in [9.17, 15) is 24.3 Å². The normalized spacial score (nSPS) is 26.1. The molecule has 1 aliphatic carbocycles. The predicted octanol–water partition coefficient (Wildman–Crippen LogP) is 3.95. The van der Waals surface area contributed by atoms with E-state index in [4.69, 9.17) is 14.9 Å². The molecule has 0 spiro atoms. The fourth-order valence-electron chi connectivity index (χ4n) is 6.72. The number of carboxylic acid groups (broad SMARTS) is 1. The van der Waals surface area contributed by atoms with Crippen LogP contribution in [-0.4, -0.2) is 89.3 Å². The number of rotatable bonds is 7. The first-order chi connectivity index (χ1) is 24.3. The van der Waals surface area contributed by atoms with E-state index < -0.39 is 47.4 Å². The molecule has 3 aromatic heterocycles. The highest BCUT2D eigenvalue weighted by molar-refractivity contribution is 7.13. The summed E-state index contributed by atoms with van der Waals surface area (Å²) in [6.45, 7) is 0.0702. The predicted molar refractivity (Wildman–Crippen MR) is 184 cm³/mol. The van der Waals surface area contributed by atoms with Crippen LogP contribution in [0.3, 0.4) is 0 Å². The Hall–Kier alpha value is -4.96. The quantitative estimate of drug-likeness (QED) is 0.237. The summed E-state index contributed by atoms with van der Waals surface area (Å²) < 4.78 is 9.35. The number of aromatic nitrogens is 5. The van der Waals surface area contributed by atoms with Crippen molar-refractivity contribution in [1.82, 2.24) is 39.9 Å². The van der Waals surface area contributed by atoms with Gasteiger partial charge >= 0.3 is 5.97 Å². The Morgan fingerprint density at radius 2 is 1.94 bits per heavy atom. The summed E-state index contributed by atoms with van der Waals surface area (Å²) in [6.07, 6.45) is 10.8. The highest BCUT2D eigenvalue weighted by Crippen LogP contribution is 2.46. The Balaban J connectivity index is 1.24. The Labute approximate surface area is 295 Å². The summed E-state index contributed by atoms with van der Waals surface area (Å²) in [4.78, 5) is 61.7. The van der Waals surface area contributed by atoms with Crippen molar-refractivity contribution in [3.8, 4) is 27.7 Å². The third-order valence-corrected chi connectivity index (χ3v) is 11.0. The molecule has 0 bridgehead atoms. The van der Waals surface area contributed by atoms with E-state index in [1.165, 1.54) is 27.2 Å². The third kappa shape index (κ3) is 6.64. The summed E-state index contributed by atoms with van der Waals surface area (Å²) >= 11 is 2.55. The lowest BCUT2D eigenvalue weighted by Gasteiger charge is -2.29. The van der Waals surface area contributed by atoms with Gasteiger partial charge in [-0.2, -0.15) is 9.90 Å². The first kappa shape index (κ1) is 33.5. The second-order valence-corrected chi connectivity index (χ2v) is 14.3. The molecule has 3 N–H and O–H groups in total. The van der Waals surface area contributed by atoms with Crippen molar-refractivity contribution < 1.29 is 29.0 Å². The molecule has 260 valence electrons. The minimum absolute atomic E-state index is 0.0702. The average molecular weight is 717 g/mol. The molecule has 14 nitrogen and oxygen atoms in total. The van der Waals surface area contributed by atoms with Crippen molar-refractivity contribution in [1.29, 1.82) is 0 Å². The molecule has 0 radical (unpaired) electrons. The third-order valence-electron chi connectivity index (χ3n) is 9.59. The van der Waals surface area contributed by atoms with Crippen LogP contribution in [0, 0.1) is 5.92 Å². The number of aliphatic carboxylic acids is 1. The first-order valence-corrected chi connectivity index (χ1v) is 18.2. The molecular formula is C34H36N8O6S2. The number of ether oxygens (including phenoxy) is 1. The molecule has 2 fully saturated rings. The molecule has 7 rings (SSSR count). The Kier molecular flexibility index (Phi) is 9.46. The van der Waals surface area contributed by atoms with Crippen molar-refractivity contribution in [3.63, 3.8) is 0 Å². The number of thiazole rings is 1. The molecule has 3 aliphatic rings. The molecular weight excluding hydrogens is 681 g/mol. The number of nitrogens with zero attached hydrogens (tertiary/aromatic N) is 6. The number of carbonyl (C=O) groups is 4. The molecule has 0 unspecified atom stereocenters. The monoisotopic (exact) mass is 716 g/mol. The average Bonchev–Trinajstić information content (AvgIpc) is 3.77. The van der Waals surface area contributed by atoms with E-state index in [1.807, 2.05) is 41.8 Å². The lowest BCUT2D eigenvalue weighted by atomic mass is 10.0. The highest BCUT2D eigenvalue weighted by Gasteiger charge is 2.61. The van der Waals surface area contributed by atoms with Crippen molar-refractivity contribution in [2.45, 2.75) is 68.6 Å². The number of amides is 3. The van der Waals surface area contributed by atoms with Crippen LogP contribution >= 0.6 is 22.9 Å². The lowest BCUT2D eigenvalue weighted by Crippen LogP contribution is -2.56. The Bertz CT molecular complexity index is 1890. The number of hydrogen-bond acceptors (Lipinski definition) is 11. The zero-order valence-electron chi connectivity index (χ0n) is 27.2. The van der Waals surface area contributed by atoms with E-state index in [2.05, 4.69) is 20.0 Å². The minimum Gasteiger partial charge on any atom is -0.497 e. The van der Waals surface area contributed by atoms with Gasteiger partial charge in [0.1, 0.15) is 39.8 Å². The standard InChI is InChI=1S/C34H36N8O6S2/c1-48-24-11-9-20(10-12-24)27-28(31-35-13-14-49-31)40-42(39-27)23-15-26-30(44)38-34(33(46)47)16-22(34)7-5-3-2-4-6-8-25(32(45)41(26)18-23)37-29(43)21-17-36-50-19-21/h5,7,9-14,17,19,22-23,25-26H,2-4,6,8,15-16,18H2,1H3,(H,37,43)(H,38,44)(H,46,47)/b7-5-/t22-,23+,25+,26-,34-/m0/s1. The van der Waals surface area contributed by atoms with Crippen LogP contribution in [0.5, 0.6) is 5.75 Å².